The van der Waals surface area contributed by atoms with Gasteiger partial charge in [0, 0.05) is 5.39 Å². The predicted octanol–water partition coefficient (Wildman–Crippen LogP) is 4.04. The Morgan fingerprint density at radius 3 is 2.53 bits per heavy atom. The highest BCUT2D eigenvalue weighted by Crippen LogP contribution is 2.34. The molecule has 0 fully saturated rings. The summed E-state index contributed by atoms with van der Waals surface area (Å²) in [7, 11) is 0. The van der Waals surface area contributed by atoms with Crippen molar-refractivity contribution in [2.75, 3.05) is 0 Å². The predicted molar refractivity (Wildman–Crippen MR) is 118 cm³/mol. The van der Waals surface area contributed by atoms with E-state index in [0.717, 1.165) is 5.56 Å². The van der Waals surface area contributed by atoms with E-state index < -0.39 is 0 Å². The van der Waals surface area contributed by atoms with E-state index in [0.29, 0.717) is 39.9 Å². The zero-order chi connectivity index (χ0) is 22.1. The molecule has 5 rings (SSSR count). The van der Waals surface area contributed by atoms with Crippen molar-refractivity contribution in [1.82, 2.24) is 30.1 Å². The molecule has 160 valence electrons. The lowest BCUT2D eigenvalue weighted by Crippen LogP contribution is -2.24. The number of hydrogen-bond donors (Lipinski definition) is 0. The van der Waals surface area contributed by atoms with Gasteiger partial charge in [-0.2, -0.15) is 10.1 Å². The van der Waals surface area contributed by atoms with Crippen molar-refractivity contribution < 1.29 is 8.94 Å². The zero-order valence-corrected chi connectivity index (χ0v) is 18.1. The van der Waals surface area contributed by atoms with Crippen molar-refractivity contribution in [1.29, 1.82) is 0 Å². The maximum Gasteiger partial charge on any atom is 0.277 e. The third kappa shape index (κ3) is 3.92. The van der Waals surface area contributed by atoms with E-state index in [4.69, 9.17) is 8.94 Å². The van der Waals surface area contributed by atoms with Crippen molar-refractivity contribution in [2.45, 2.75) is 30.9 Å². The van der Waals surface area contributed by atoms with E-state index in [1.165, 1.54) is 16.4 Å². The summed E-state index contributed by atoms with van der Waals surface area (Å²) in [5, 5.41) is 18.1. The van der Waals surface area contributed by atoms with E-state index in [-0.39, 0.29) is 16.7 Å². The molecule has 0 aliphatic carbocycles. The number of rotatable bonds is 6. The number of nitrogens with zero attached hydrogens (tertiary/aromatic N) is 6. The van der Waals surface area contributed by atoms with Gasteiger partial charge in [0.15, 0.2) is 11.5 Å². The molecule has 9 nitrogen and oxygen atoms in total. The van der Waals surface area contributed by atoms with Crippen LogP contribution in [0.3, 0.4) is 0 Å². The second-order valence-corrected chi connectivity index (χ2v) is 8.45. The number of aromatic nitrogens is 6. The van der Waals surface area contributed by atoms with Gasteiger partial charge in [-0.25, -0.2) is 4.68 Å². The third-order valence-corrected chi connectivity index (χ3v) is 5.74. The van der Waals surface area contributed by atoms with Crippen LogP contribution in [0.5, 0.6) is 0 Å². The molecular weight excluding hydrogens is 428 g/mol. The molecule has 0 unspecified atom stereocenters. The lowest BCUT2D eigenvalue weighted by atomic mass is 10.1. The van der Waals surface area contributed by atoms with Crippen LogP contribution in [0.15, 0.2) is 73.6 Å². The minimum Gasteiger partial charge on any atom is -0.409 e. The molecule has 32 heavy (non-hydrogen) atoms. The molecule has 10 heteroatoms. The fourth-order valence-corrected chi connectivity index (χ4v) is 4.00. The number of thioether (sulfide) groups is 1. The van der Waals surface area contributed by atoms with Crippen LogP contribution in [0.2, 0.25) is 0 Å². The third-order valence-electron chi connectivity index (χ3n) is 4.82. The summed E-state index contributed by atoms with van der Waals surface area (Å²) >= 11 is 1.31. The van der Waals surface area contributed by atoms with E-state index in [9.17, 15) is 4.79 Å². The van der Waals surface area contributed by atoms with E-state index in [1.54, 1.807) is 13.0 Å². The van der Waals surface area contributed by atoms with Crippen LogP contribution in [0.4, 0.5) is 0 Å². The van der Waals surface area contributed by atoms with Gasteiger partial charge in [0.1, 0.15) is 0 Å². The second kappa shape index (κ2) is 8.39. The van der Waals surface area contributed by atoms with Crippen molar-refractivity contribution in [3.8, 4) is 11.6 Å². The fraction of sp³-hybridized carbons (Fsp3) is 0.182. The van der Waals surface area contributed by atoms with E-state index >= 15 is 0 Å². The molecule has 0 spiro atoms. The van der Waals surface area contributed by atoms with E-state index in [2.05, 4.69) is 25.4 Å². The number of hydrogen-bond acceptors (Lipinski definition) is 9. The Kier molecular flexibility index (Phi) is 5.28. The van der Waals surface area contributed by atoms with Gasteiger partial charge < -0.3 is 8.94 Å². The topological polar surface area (TPSA) is 113 Å². The maximum absolute atomic E-state index is 13.0. The first-order valence-electron chi connectivity index (χ1n) is 9.93. The number of fused-ring (bicyclic) bond motifs is 1. The largest absolute Gasteiger partial charge is 0.409 e. The first kappa shape index (κ1) is 20.1. The Bertz CT molecular complexity index is 1440. The summed E-state index contributed by atoms with van der Waals surface area (Å²) in [6.07, 6.45) is 0. The first-order valence-corrected chi connectivity index (χ1v) is 10.8. The molecule has 0 amide bonds. The molecule has 5 aromatic rings. The van der Waals surface area contributed by atoms with Gasteiger partial charge in [-0.05, 0) is 25.5 Å². The summed E-state index contributed by atoms with van der Waals surface area (Å²) in [5.41, 5.74) is 1.24. The number of aryl methyl sites for hydroxylation is 1. The summed E-state index contributed by atoms with van der Waals surface area (Å²) in [4.78, 5) is 17.3. The highest BCUT2D eigenvalue weighted by molar-refractivity contribution is 7.99. The van der Waals surface area contributed by atoms with Gasteiger partial charge in [0.05, 0.1) is 17.2 Å². The van der Waals surface area contributed by atoms with E-state index in [1.807, 2.05) is 55.5 Å². The van der Waals surface area contributed by atoms with Gasteiger partial charge in [-0.3, -0.25) is 4.79 Å². The monoisotopic (exact) mass is 446 g/mol. The fourth-order valence-electron chi connectivity index (χ4n) is 3.29. The molecule has 0 N–H and O–H groups in total. The lowest BCUT2D eigenvalue weighted by Gasteiger charge is -2.09. The highest BCUT2D eigenvalue weighted by atomic mass is 32.2. The minimum absolute atomic E-state index is 0.166. The molecule has 3 heterocycles. The van der Waals surface area contributed by atoms with Gasteiger partial charge in [-0.15, -0.1) is 10.2 Å². The zero-order valence-electron chi connectivity index (χ0n) is 17.3. The minimum atomic E-state index is -0.178. The Hall–Kier alpha value is -3.79. The molecule has 0 saturated carbocycles. The molecule has 0 radical (unpaired) electrons. The van der Waals surface area contributed by atoms with Crippen LogP contribution in [0, 0.1) is 6.92 Å². The summed E-state index contributed by atoms with van der Waals surface area (Å²) in [6.45, 7) is 4.01. The lowest BCUT2D eigenvalue weighted by molar-refractivity contribution is 0.375. The smallest absolute Gasteiger partial charge is 0.277 e. The Labute approximate surface area is 186 Å². The van der Waals surface area contributed by atoms with Gasteiger partial charge in [0.25, 0.3) is 16.7 Å². The van der Waals surface area contributed by atoms with Crippen LogP contribution in [-0.4, -0.2) is 30.1 Å². The van der Waals surface area contributed by atoms with Crippen LogP contribution >= 0.6 is 11.8 Å². The van der Waals surface area contributed by atoms with Crippen molar-refractivity contribution in [3.63, 3.8) is 0 Å². The van der Waals surface area contributed by atoms with Gasteiger partial charge in [0.2, 0.25) is 5.89 Å². The molecular formula is C22H18N6O3S. The average molecular weight is 446 g/mol. The molecule has 1 atom stereocenters. The summed E-state index contributed by atoms with van der Waals surface area (Å²) in [6, 6.07) is 17.0. The molecule has 0 aliphatic rings. The van der Waals surface area contributed by atoms with Crippen LogP contribution in [0.25, 0.3) is 22.4 Å². The molecule has 0 aliphatic heterocycles. The first-order chi connectivity index (χ1) is 15.6. The Morgan fingerprint density at radius 1 is 1.03 bits per heavy atom. The Balaban J connectivity index is 1.52. The van der Waals surface area contributed by atoms with Crippen molar-refractivity contribution in [3.05, 3.63) is 82.2 Å². The second-order valence-electron chi connectivity index (χ2n) is 7.16. The standard InChI is InChI=1S/C22H18N6O3S/c1-13(19-23-14(2)27-31-19)32-22-25-24-20(30-22)18-16-10-6-7-11-17(16)21(29)28(26-18)12-15-8-4-3-5-9-15/h3-11,13H,12H2,1-2H3/t13-/m0/s1. The highest BCUT2D eigenvalue weighted by Gasteiger charge is 2.21. The average Bonchev–Trinajstić information content (AvgIpc) is 3.45. The molecule has 2 aromatic carbocycles. The SMILES string of the molecule is Cc1noc([C@H](C)Sc2nnc(-c3nn(Cc4ccccc4)c(=O)c4ccccc34)o2)n1. The summed E-state index contributed by atoms with van der Waals surface area (Å²) < 4.78 is 12.5. The van der Waals surface area contributed by atoms with Crippen LogP contribution in [-0.2, 0) is 6.54 Å². The van der Waals surface area contributed by atoms with Crippen LogP contribution in [0.1, 0.15) is 29.5 Å². The maximum atomic E-state index is 13.0. The summed E-state index contributed by atoms with van der Waals surface area (Å²) in [5.74, 6) is 1.28. The van der Waals surface area contributed by atoms with Crippen molar-refractivity contribution >= 4 is 22.5 Å². The van der Waals surface area contributed by atoms with Gasteiger partial charge >= 0.3 is 0 Å². The quantitative estimate of drug-likeness (QED) is 0.357. The molecule has 0 bridgehead atoms. The molecule has 0 saturated heterocycles. The number of benzene rings is 2. The van der Waals surface area contributed by atoms with Crippen LogP contribution < -0.4 is 5.56 Å². The molecule has 3 aromatic heterocycles. The normalized spacial score (nSPS) is 12.3. The van der Waals surface area contributed by atoms with Gasteiger partial charge in [-0.1, -0.05) is 65.4 Å². The van der Waals surface area contributed by atoms with Crippen molar-refractivity contribution in [2.24, 2.45) is 0 Å². The Morgan fingerprint density at radius 2 is 1.78 bits per heavy atom.